The van der Waals surface area contributed by atoms with Gasteiger partial charge in [0.05, 0.1) is 12.9 Å². The molecule has 0 radical (unpaired) electrons. The molecule has 0 bridgehead atoms. The van der Waals surface area contributed by atoms with Gasteiger partial charge in [0.2, 0.25) is 0 Å². The molecule has 0 saturated heterocycles. The standard InChI is InChI=1S/C10H15N3O2S/c1-8(9-4-3-6-15-9)12-13-10(16)11-5-7-14-2/h3-4,6H,5,7H2,1-2H3,(H2,11,13,16). The lowest BCUT2D eigenvalue weighted by Gasteiger charge is -2.06. The van der Waals surface area contributed by atoms with Gasteiger partial charge in [-0.2, -0.15) is 5.10 Å². The summed E-state index contributed by atoms with van der Waals surface area (Å²) in [5, 5.41) is 7.48. The highest BCUT2D eigenvalue weighted by Gasteiger charge is 1.99. The van der Waals surface area contributed by atoms with Crippen LogP contribution in [0.1, 0.15) is 12.7 Å². The third-order valence-electron chi connectivity index (χ3n) is 1.79. The summed E-state index contributed by atoms with van der Waals surface area (Å²) in [6.07, 6.45) is 1.60. The van der Waals surface area contributed by atoms with Crippen molar-refractivity contribution in [3.63, 3.8) is 0 Å². The van der Waals surface area contributed by atoms with E-state index in [4.69, 9.17) is 21.4 Å². The molecule has 0 fully saturated rings. The Morgan fingerprint density at radius 2 is 2.44 bits per heavy atom. The largest absolute Gasteiger partial charge is 0.463 e. The minimum Gasteiger partial charge on any atom is -0.463 e. The van der Waals surface area contributed by atoms with Gasteiger partial charge in [-0.15, -0.1) is 0 Å². The molecule has 88 valence electrons. The summed E-state index contributed by atoms with van der Waals surface area (Å²) < 4.78 is 10.0. The molecule has 0 atom stereocenters. The van der Waals surface area contributed by atoms with E-state index >= 15 is 0 Å². The van der Waals surface area contributed by atoms with Crippen molar-refractivity contribution in [2.75, 3.05) is 20.3 Å². The Kier molecular flexibility index (Phi) is 5.52. The van der Waals surface area contributed by atoms with Crippen LogP contribution < -0.4 is 10.7 Å². The van der Waals surface area contributed by atoms with Crippen molar-refractivity contribution in [2.45, 2.75) is 6.92 Å². The Morgan fingerprint density at radius 1 is 1.62 bits per heavy atom. The molecule has 16 heavy (non-hydrogen) atoms. The Balaban J connectivity index is 2.32. The first-order valence-electron chi connectivity index (χ1n) is 4.85. The molecule has 0 aliphatic carbocycles. The predicted octanol–water partition coefficient (Wildman–Crippen LogP) is 1.11. The maximum atomic E-state index is 5.17. The van der Waals surface area contributed by atoms with Gasteiger partial charge in [0, 0.05) is 13.7 Å². The summed E-state index contributed by atoms with van der Waals surface area (Å²) in [4.78, 5) is 0. The monoisotopic (exact) mass is 241 g/mol. The summed E-state index contributed by atoms with van der Waals surface area (Å²) in [5.41, 5.74) is 3.46. The van der Waals surface area contributed by atoms with Crippen LogP contribution in [0, 0.1) is 0 Å². The van der Waals surface area contributed by atoms with Gasteiger partial charge in [0.15, 0.2) is 5.11 Å². The van der Waals surface area contributed by atoms with Gasteiger partial charge in [-0.1, -0.05) is 0 Å². The Morgan fingerprint density at radius 3 is 3.06 bits per heavy atom. The Hall–Kier alpha value is -1.40. The summed E-state index contributed by atoms with van der Waals surface area (Å²) in [6, 6.07) is 3.64. The lowest BCUT2D eigenvalue weighted by Crippen LogP contribution is -2.34. The van der Waals surface area contributed by atoms with E-state index in [1.54, 1.807) is 13.4 Å². The van der Waals surface area contributed by atoms with E-state index in [-0.39, 0.29) is 0 Å². The van der Waals surface area contributed by atoms with Crippen molar-refractivity contribution in [3.05, 3.63) is 24.2 Å². The van der Waals surface area contributed by atoms with E-state index in [0.717, 1.165) is 5.71 Å². The smallest absolute Gasteiger partial charge is 0.187 e. The van der Waals surface area contributed by atoms with E-state index in [2.05, 4.69) is 15.8 Å². The van der Waals surface area contributed by atoms with Crippen LogP contribution in [0.4, 0.5) is 0 Å². The molecule has 0 saturated carbocycles. The highest BCUT2D eigenvalue weighted by Crippen LogP contribution is 2.00. The molecule has 6 heteroatoms. The van der Waals surface area contributed by atoms with Crippen molar-refractivity contribution >= 4 is 23.0 Å². The van der Waals surface area contributed by atoms with Crippen LogP contribution in [0.2, 0.25) is 0 Å². The molecule has 1 aromatic rings. The predicted molar refractivity (Wildman–Crippen MR) is 66.5 cm³/mol. The number of furan rings is 1. The van der Waals surface area contributed by atoms with Crippen molar-refractivity contribution in [2.24, 2.45) is 5.10 Å². The van der Waals surface area contributed by atoms with Crippen molar-refractivity contribution in [3.8, 4) is 0 Å². The Labute approximate surface area is 99.9 Å². The summed E-state index contributed by atoms with van der Waals surface area (Å²) >= 11 is 5.00. The number of nitrogens with one attached hydrogen (secondary N) is 2. The molecular weight excluding hydrogens is 226 g/mol. The van der Waals surface area contributed by atoms with Crippen LogP contribution in [0.3, 0.4) is 0 Å². The molecule has 1 heterocycles. The SMILES string of the molecule is COCCNC(=S)NN=C(C)c1ccco1. The molecule has 1 aromatic heterocycles. The molecule has 0 amide bonds. The van der Waals surface area contributed by atoms with E-state index < -0.39 is 0 Å². The maximum absolute atomic E-state index is 5.17. The first-order valence-corrected chi connectivity index (χ1v) is 5.26. The van der Waals surface area contributed by atoms with Gasteiger partial charge in [0.25, 0.3) is 0 Å². The first-order chi connectivity index (χ1) is 7.74. The summed E-state index contributed by atoms with van der Waals surface area (Å²) in [5.74, 6) is 0.715. The second-order valence-corrected chi connectivity index (χ2v) is 3.44. The fraction of sp³-hybridized carbons (Fsp3) is 0.400. The van der Waals surface area contributed by atoms with Crippen LogP contribution in [0.25, 0.3) is 0 Å². The van der Waals surface area contributed by atoms with Gasteiger partial charge in [-0.25, -0.2) is 0 Å². The third kappa shape index (κ3) is 4.41. The number of hydrogen-bond acceptors (Lipinski definition) is 4. The number of hydrazone groups is 1. The first kappa shape index (κ1) is 12.7. The Bertz CT molecular complexity index is 349. The fourth-order valence-corrected chi connectivity index (χ4v) is 1.13. The molecule has 0 aliphatic heterocycles. The molecule has 0 aromatic carbocycles. The quantitative estimate of drug-likeness (QED) is 0.350. The summed E-state index contributed by atoms with van der Waals surface area (Å²) in [7, 11) is 1.64. The normalized spacial score (nSPS) is 11.2. The second-order valence-electron chi connectivity index (χ2n) is 3.04. The number of ether oxygens (including phenoxy) is 1. The zero-order valence-corrected chi connectivity index (χ0v) is 10.1. The highest BCUT2D eigenvalue weighted by molar-refractivity contribution is 7.80. The zero-order valence-electron chi connectivity index (χ0n) is 9.32. The topological polar surface area (TPSA) is 58.8 Å². The molecule has 0 unspecified atom stereocenters. The van der Waals surface area contributed by atoms with Crippen molar-refractivity contribution in [1.82, 2.24) is 10.7 Å². The van der Waals surface area contributed by atoms with Crippen LogP contribution in [0.5, 0.6) is 0 Å². The molecule has 2 N–H and O–H groups in total. The number of hydrogen-bond donors (Lipinski definition) is 2. The molecule has 1 rings (SSSR count). The van der Waals surface area contributed by atoms with E-state index in [9.17, 15) is 0 Å². The summed E-state index contributed by atoms with van der Waals surface area (Å²) in [6.45, 7) is 3.09. The minimum atomic E-state index is 0.461. The van der Waals surface area contributed by atoms with Crippen LogP contribution in [-0.2, 0) is 4.74 Å². The van der Waals surface area contributed by atoms with E-state index in [1.807, 2.05) is 19.1 Å². The number of thiocarbonyl (C=S) groups is 1. The van der Waals surface area contributed by atoms with Crippen molar-refractivity contribution in [1.29, 1.82) is 0 Å². The van der Waals surface area contributed by atoms with Crippen LogP contribution in [-0.4, -0.2) is 31.1 Å². The zero-order chi connectivity index (χ0) is 11.8. The van der Waals surface area contributed by atoms with Gasteiger partial charge in [-0.05, 0) is 31.3 Å². The average molecular weight is 241 g/mol. The van der Waals surface area contributed by atoms with Crippen molar-refractivity contribution < 1.29 is 9.15 Å². The fourth-order valence-electron chi connectivity index (χ4n) is 0.980. The van der Waals surface area contributed by atoms with E-state index in [0.29, 0.717) is 24.0 Å². The maximum Gasteiger partial charge on any atom is 0.187 e. The number of methoxy groups -OCH3 is 1. The van der Waals surface area contributed by atoms with Gasteiger partial charge in [-0.3, -0.25) is 5.43 Å². The second kappa shape index (κ2) is 6.97. The molecular formula is C10H15N3O2S. The third-order valence-corrected chi connectivity index (χ3v) is 2.03. The van der Waals surface area contributed by atoms with E-state index in [1.165, 1.54) is 0 Å². The van der Waals surface area contributed by atoms with Gasteiger partial charge >= 0.3 is 0 Å². The van der Waals surface area contributed by atoms with Gasteiger partial charge in [0.1, 0.15) is 11.5 Å². The minimum absolute atomic E-state index is 0.461. The van der Waals surface area contributed by atoms with Crippen LogP contribution >= 0.6 is 12.2 Å². The molecule has 5 nitrogen and oxygen atoms in total. The highest BCUT2D eigenvalue weighted by atomic mass is 32.1. The number of rotatable bonds is 5. The number of nitrogens with zero attached hydrogens (tertiary/aromatic N) is 1. The molecule has 0 spiro atoms. The van der Waals surface area contributed by atoms with Gasteiger partial charge < -0.3 is 14.5 Å². The lowest BCUT2D eigenvalue weighted by atomic mass is 10.3. The molecule has 0 aliphatic rings. The lowest BCUT2D eigenvalue weighted by molar-refractivity contribution is 0.204. The van der Waals surface area contributed by atoms with Crippen LogP contribution in [0.15, 0.2) is 27.9 Å². The average Bonchev–Trinajstić information content (AvgIpc) is 2.79.